The van der Waals surface area contributed by atoms with Crippen LogP contribution >= 0.6 is 23.1 Å². The molecule has 2 aromatic carbocycles. The average molecular weight is 724 g/mol. The molecular weight excluding hydrogens is 686 g/mol. The lowest BCUT2D eigenvalue weighted by Crippen LogP contribution is -2.50. The zero-order valence-electron chi connectivity index (χ0n) is 27.1. The van der Waals surface area contributed by atoms with Crippen LogP contribution in [0.2, 0.25) is 0 Å². The predicted octanol–water partition coefficient (Wildman–Crippen LogP) is 5.81. The fourth-order valence-corrected chi connectivity index (χ4v) is 7.70. The highest BCUT2D eigenvalue weighted by Gasteiger charge is 2.32. The van der Waals surface area contributed by atoms with Crippen LogP contribution in [0.5, 0.6) is 5.75 Å². The molecule has 0 amide bonds. The molecule has 15 heteroatoms. The van der Waals surface area contributed by atoms with Crippen molar-refractivity contribution < 1.29 is 13.7 Å². The van der Waals surface area contributed by atoms with Gasteiger partial charge in [-0.15, -0.1) is 0 Å². The molecule has 2 atom stereocenters. The van der Waals surface area contributed by atoms with E-state index in [-0.39, 0.29) is 12.6 Å². The van der Waals surface area contributed by atoms with Gasteiger partial charge in [0.1, 0.15) is 30.4 Å². The second-order valence-corrected chi connectivity index (χ2v) is 16.1. The number of methoxy groups -OCH3 is 1. The van der Waals surface area contributed by atoms with Crippen LogP contribution < -0.4 is 25.6 Å². The molecule has 6 rings (SSSR count). The Hall–Kier alpha value is -4.13. The minimum absolute atomic E-state index is 0.131. The van der Waals surface area contributed by atoms with Crippen molar-refractivity contribution in [2.45, 2.75) is 18.6 Å². The molecule has 2 N–H and O–H groups in total. The van der Waals surface area contributed by atoms with Crippen molar-refractivity contribution in [3.8, 4) is 16.9 Å². The molecule has 246 valence electrons. The van der Waals surface area contributed by atoms with E-state index < -0.39 is 13.3 Å². The number of nitrogens with one attached hydrogen (secondary N) is 2. The molecule has 2 unspecified atom stereocenters. The normalized spacial score (nSPS) is 16.9. The molecule has 3 aromatic heterocycles. The summed E-state index contributed by atoms with van der Waals surface area (Å²) in [6, 6.07) is 7.42. The standard InChI is InChI=1S/C32H37BrFN10O2P/c1-42(2)26-9-12-44(18-22(26)34)27-14-28(46-4)25(13-20(27)19-15-38-43(3)17-19)40-32-37-16-21(33)31(41-32)39-24-8-7-23-29(36-11-10-35-23)30(24)47(5,6)45/h7-8,10-11,13-17,22,26H,9,12,18H2,1-6H3,(H2,37,39,40,41). The highest BCUT2D eigenvalue weighted by molar-refractivity contribution is 9.10. The van der Waals surface area contributed by atoms with Gasteiger partial charge in [-0.2, -0.15) is 10.1 Å². The van der Waals surface area contributed by atoms with Gasteiger partial charge in [0.05, 0.1) is 46.5 Å². The number of piperidine rings is 1. The fourth-order valence-electron chi connectivity index (χ4n) is 6.01. The Balaban J connectivity index is 1.37. The molecule has 1 aliphatic rings. The summed E-state index contributed by atoms with van der Waals surface area (Å²) in [5.74, 6) is 1.31. The number of nitrogens with zero attached hydrogens (tertiary/aromatic N) is 8. The number of benzene rings is 2. The first kappa shape index (κ1) is 32.8. The molecule has 0 spiro atoms. The van der Waals surface area contributed by atoms with Gasteiger partial charge in [-0.3, -0.25) is 14.6 Å². The molecule has 47 heavy (non-hydrogen) atoms. The van der Waals surface area contributed by atoms with Crippen LogP contribution in [-0.2, 0) is 11.6 Å². The maximum absolute atomic E-state index is 15.3. The zero-order valence-corrected chi connectivity index (χ0v) is 29.5. The maximum atomic E-state index is 15.3. The van der Waals surface area contributed by atoms with E-state index in [4.69, 9.17) is 9.72 Å². The van der Waals surface area contributed by atoms with E-state index in [1.807, 2.05) is 56.5 Å². The predicted molar refractivity (Wildman–Crippen MR) is 189 cm³/mol. The second-order valence-electron chi connectivity index (χ2n) is 12.1. The smallest absolute Gasteiger partial charge is 0.229 e. The molecule has 1 fully saturated rings. The van der Waals surface area contributed by atoms with Gasteiger partial charge < -0.3 is 29.7 Å². The molecule has 0 bridgehead atoms. The molecule has 4 heterocycles. The summed E-state index contributed by atoms with van der Waals surface area (Å²) in [5.41, 5.74) is 5.08. The van der Waals surface area contributed by atoms with E-state index >= 15 is 4.39 Å². The highest BCUT2D eigenvalue weighted by Crippen LogP contribution is 2.43. The number of aromatic nitrogens is 6. The molecular formula is C32H37BrFN10O2P. The van der Waals surface area contributed by atoms with E-state index in [9.17, 15) is 4.57 Å². The first-order chi connectivity index (χ1) is 22.4. The van der Waals surface area contributed by atoms with Gasteiger partial charge in [-0.05, 0) is 68.0 Å². The number of hydrogen-bond acceptors (Lipinski definition) is 11. The van der Waals surface area contributed by atoms with Crippen LogP contribution in [0.15, 0.2) is 59.7 Å². The van der Waals surface area contributed by atoms with E-state index in [2.05, 4.69) is 51.5 Å². The Kier molecular flexibility index (Phi) is 9.19. The summed E-state index contributed by atoms with van der Waals surface area (Å²) < 4.78 is 37.0. The van der Waals surface area contributed by atoms with Crippen LogP contribution in [0.4, 0.5) is 33.2 Å². The minimum atomic E-state index is -2.79. The average Bonchev–Trinajstić information content (AvgIpc) is 3.47. The lowest BCUT2D eigenvalue weighted by atomic mass is 9.98. The minimum Gasteiger partial charge on any atom is -0.494 e. The number of fused-ring (bicyclic) bond motifs is 1. The van der Waals surface area contributed by atoms with Gasteiger partial charge >= 0.3 is 0 Å². The number of aryl methyl sites for hydroxylation is 1. The summed E-state index contributed by atoms with van der Waals surface area (Å²) in [7, 11) is 4.51. The van der Waals surface area contributed by atoms with E-state index in [1.165, 1.54) is 0 Å². The Morgan fingerprint density at radius 3 is 2.55 bits per heavy atom. The second kappa shape index (κ2) is 13.2. The molecule has 1 saturated heterocycles. The quantitative estimate of drug-likeness (QED) is 0.179. The molecule has 0 saturated carbocycles. The Morgan fingerprint density at radius 1 is 1.09 bits per heavy atom. The van der Waals surface area contributed by atoms with Crippen LogP contribution in [0.1, 0.15) is 6.42 Å². The first-order valence-electron chi connectivity index (χ1n) is 15.0. The van der Waals surface area contributed by atoms with Crippen LogP contribution in [0.25, 0.3) is 22.2 Å². The largest absolute Gasteiger partial charge is 0.494 e. The van der Waals surface area contributed by atoms with Gasteiger partial charge in [0.15, 0.2) is 0 Å². The third-order valence-corrected chi connectivity index (χ3v) is 10.4. The zero-order chi connectivity index (χ0) is 33.5. The summed E-state index contributed by atoms with van der Waals surface area (Å²) in [6.07, 6.45) is 8.25. The summed E-state index contributed by atoms with van der Waals surface area (Å²) >= 11 is 3.56. The molecule has 1 aliphatic heterocycles. The van der Waals surface area contributed by atoms with Crippen LogP contribution in [-0.4, -0.2) is 94.5 Å². The van der Waals surface area contributed by atoms with Gasteiger partial charge in [0.25, 0.3) is 0 Å². The maximum Gasteiger partial charge on any atom is 0.229 e. The van der Waals surface area contributed by atoms with E-state index in [0.29, 0.717) is 62.7 Å². The van der Waals surface area contributed by atoms with Crippen LogP contribution in [0, 0.1) is 0 Å². The van der Waals surface area contributed by atoms with Gasteiger partial charge in [-0.1, -0.05) is 0 Å². The molecule has 12 nitrogen and oxygen atoms in total. The Labute approximate surface area is 281 Å². The van der Waals surface area contributed by atoms with Gasteiger partial charge in [0.2, 0.25) is 5.95 Å². The summed E-state index contributed by atoms with van der Waals surface area (Å²) in [6.45, 7) is 4.37. The lowest BCUT2D eigenvalue weighted by Gasteiger charge is -2.39. The van der Waals surface area contributed by atoms with E-state index in [1.54, 1.807) is 49.9 Å². The molecule has 5 aromatic rings. The third kappa shape index (κ3) is 6.81. The molecule has 0 radical (unpaired) electrons. The number of halogens is 2. The van der Waals surface area contributed by atoms with Crippen molar-refractivity contribution in [1.82, 2.24) is 34.6 Å². The first-order valence-corrected chi connectivity index (χ1v) is 18.4. The lowest BCUT2D eigenvalue weighted by molar-refractivity contribution is 0.137. The highest BCUT2D eigenvalue weighted by atomic mass is 79.9. The van der Waals surface area contributed by atoms with Crippen molar-refractivity contribution in [1.29, 1.82) is 0 Å². The molecule has 0 aliphatic carbocycles. The van der Waals surface area contributed by atoms with Crippen molar-refractivity contribution in [3.05, 3.63) is 59.7 Å². The number of hydrogen-bond donors (Lipinski definition) is 2. The fraction of sp³-hybridized carbons (Fsp3) is 0.344. The summed E-state index contributed by atoms with van der Waals surface area (Å²) in [5, 5.41) is 11.6. The number of alkyl halides is 1. The SMILES string of the molecule is COc1cc(N2CCC(N(C)C)C(F)C2)c(-c2cnn(C)c2)cc1Nc1ncc(Br)c(Nc2ccc3nccnc3c2P(C)(C)=O)n1. The van der Waals surface area contributed by atoms with Crippen molar-refractivity contribution >= 4 is 68.2 Å². The summed E-state index contributed by atoms with van der Waals surface area (Å²) in [4.78, 5) is 22.1. The number of rotatable bonds is 9. The number of anilines is 5. The van der Waals surface area contributed by atoms with Crippen molar-refractivity contribution in [2.75, 3.05) is 63.2 Å². The van der Waals surface area contributed by atoms with E-state index in [0.717, 1.165) is 16.8 Å². The number of ether oxygens (including phenoxy) is 1. The Bertz CT molecular complexity index is 1980. The van der Waals surface area contributed by atoms with Crippen molar-refractivity contribution in [2.24, 2.45) is 7.05 Å². The van der Waals surface area contributed by atoms with Gasteiger partial charge in [0, 0.05) is 67.3 Å². The van der Waals surface area contributed by atoms with Crippen LogP contribution in [0.3, 0.4) is 0 Å². The van der Waals surface area contributed by atoms with Gasteiger partial charge in [-0.25, -0.2) is 9.37 Å². The topological polar surface area (TPSA) is 126 Å². The third-order valence-electron chi connectivity index (χ3n) is 8.24. The monoisotopic (exact) mass is 722 g/mol. The Morgan fingerprint density at radius 2 is 1.87 bits per heavy atom. The van der Waals surface area contributed by atoms with Crippen molar-refractivity contribution in [3.63, 3.8) is 0 Å².